The molecule has 1 aromatic heterocycles. The molecule has 3 aromatic rings. The first kappa shape index (κ1) is 21.7. The van der Waals surface area contributed by atoms with Crippen LogP contribution in [0.2, 0.25) is 0 Å². The average molecular weight is 408 g/mol. The predicted molar refractivity (Wildman–Crippen MR) is 116 cm³/mol. The molecule has 2 aromatic carbocycles. The Labute approximate surface area is 177 Å². The summed E-state index contributed by atoms with van der Waals surface area (Å²) < 4.78 is 5.96. The maximum absolute atomic E-state index is 10.6. The summed E-state index contributed by atoms with van der Waals surface area (Å²) in [4.78, 5) is 10.6. The van der Waals surface area contributed by atoms with Gasteiger partial charge in [0.05, 0.1) is 6.42 Å². The Hall–Kier alpha value is -2.99. The normalized spacial score (nSPS) is 12.0. The Kier molecular flexibility index (Phi) is 8.15. The lowest BCUT2D eigenvalue weighted by Crippen LogP contribution is -2.17. The number of nitrogens with one attached hydrogen (secondary N) is 1. The van der Waals surface area contributed by atoms with Crippen LogP contribution in [-0.4, -0.2) is 27.8 Å². The minimum absolute atomic E-state index is 0.116. The fourth-order valence-electron chi connectivity index (χ4n) is 3.42. The van der Waals surface area contributed by atoms with Crippen LogP contribution in [0, 0.1) is 0 Å². The van der Waals surface area contributed by atoms with Gasteiger partial charge in [-0.05, 0) is 35.6 Å². The van der Waals surface area contributed by atoms with E-state index in [-0.39, 0.29) is 6.42 Å². The molecule has 0 radical (unpaired) electrons. The molecule has 1 unspecified atom stereocenters. The van der Waals surface area contributed by atoms with Gasteiger partial charge in [-0.3, -0.25) is 4.79 Å². The summed E-state index contributed by atoms with van der Waals surface area (Å²) >= 11 is 0. The minimum Gasteiger partial charge on any atom is -0.481 e. The van der Waals surface area contributed by atoms with E-state index in [1.807, 2.05) is 30.3 Å². The van der Waals surface area contributed by atoms with Gasteiger partial charge in [0, 0.05) is 25.1 Å². The number of nitrogens with zero attached hydrogens (tertiary/aromatic N) is 2. The highest BCUT2D eigenvalue weighted by atomic mass is 16.4. The lowest BCUT2D eigenvalue weighted by Gasteiger charge is -2.15. The highest BCUT2D eigenvalue weighted by Crippen LogP contribution is 2.27. The summed E-state index contributed by atoms with van der Waals surface area (Å²) in [5.74, 6) is 0.764. The number of unbranched alkanes of at least 4 members (excludes halogenated alkanes) is 1. The van der Waals surface area contributed by atoms with Gasteiger partial charge in [0.2, 0.25) is 11.8 Å². The molecule has 2 N–H and O–H groups in total. The number of aromatic nitrogens is 2. The van der Waals surface area contributed by atoms with Gasteiger partial charge >= 0.3 is 5.97 Å². The average Bonchev–Trinajstić information content (AvgIpc) is 3.24. The van der Waals surface area contributed by atoms with Gasteiger partial charge in [-0.2, -0.15) is 0 Å². The van der Waals surface area contributed by atoms with E-state index in [0.717, 1.165) is 30.4 Å². The zero-order valence-electron chi connectivity index (χ0n) is 17.4. The molecule has 6 heteroatoms. The van der Waals surface area contributed by atoms with E-state index in [9.17, 15) is 4.79 Å². The summed E-state index contributed by atoms with van der Waals surface area (Å²) in [5, 5.41) is 20.3. The second-order valence-electron chi connectivity index (χ2n) is 7.47. The van der Waals surface area contributed by atoms with Crippen LogP contribution in [0.4, 0.5) is 0 Å². The van der Waals surface area contributed by atoms with Crippen LogP contribution in [0.5, 0.6) is 0 Å². The van der Waals surface area contributed by atoms with E-state index < -0.39 is 5.97 Å². The molecular formula is C24H29N3O3. The van der Waals surface area contributed by atoms with Gasteiger partial charge in [-0.1, -0.05) is 62.2 Å². The molecule has 30 heavy (non-hydrogen) atoms. The van der Waals surface area contributed by atoms with Gasteiger partial charge < -0.3 is 14.8 Å². The largest absolute Gasteiger partial charge is 0.481 e. The highest BCUT2D eigenvalue weighted by Gasteiger charge is 2.17. The maximum atomic E-state index is 10.6. The number of carbonyl (C=O) groups is 1. The zero-order chi connectivity index (χ0) is 21.2. The van der Waals surface area contributed by atoms with E-state index in [1.165, 1.54) is 12.0 Å². The molecule has 0 aliphatic heterocycles. The van der Waals surface area contributed by atoms with Crippen molar-refractivity contribution in [2.24, 2.45) is 0 Å². The second kappa shape index (κ2) is 11.3. The van der Waals surface area contributed by atoms with Crippen molar-refractivity contribution in [3.63, 3.8) is 0 Å². The lowest BCUT2D eigenvalue weighted by molar-refractivity contribution is -0.136. The maximum Gasteiger partial charge on any atom is 0.304 e. The Bertz CT molecular complexity index is 907. The number of hydrogen-bond donors (Lipinski definition) is 2. The fourth-order valence-corrected chi connectivity index (χ4v) is 3.42. The minimum atomic E-state index is -0.797. The van der Waals surface area contributed by atoms with Crippen molar-refractivity contribution in [3.8, 4) is 11.5 Å². The van der Waals surface area contributed by atoms with Crippen LogP contribution < -0.4 is 5.32 Å². The summed E-state index contributed by atoms with van der Waals surface area (Å²) in [6.07, 6.45) is 4.29. The summed E-state index contributed by atoms with van der Waals surface area (Å²) in [5.41, 5.74) is 3.27. The van der Waals surface area contributed by atoms with Gasteiger partial charge in [-0.15, -0.1) is 10.2 Å². The molecule has 158 valence electrons. The predicted octanol–water partition coefficient (Wildman–Crippen LogP) is 4.82. The third-order valence-electron chi connectivity index (χ3n) is 5.11. The first-order valence-electron chi connectivity index (χ1n) is 10.5. The van der Waals surface area contributed by atoms with Crippen LogP contribution >= 0.6 is 0 Å². The SMILES string of the molecule is CCCCC(Cc1nnc(-c2ccc(CNCCC(=O)O)cc2)o1)c1ccccc1. The molecule has 0 saturated heterocycles. The third kappa shape index (κ3) is 6.52. The molecule has 0 spiro atoms. The molecule has 0 bridgehead atoms. The van der Waals surface area contributed by atoms with Crippen LogP contribution in [0.3, 0.4) is 0 Å². The van der Waals surface area contributed by atoms with Crippen LogP contribution in [0.1, 0.15) is 55.5 Å². The molecule has 1 atom stereocenters. The molecule has 1 heterocycles. The van der Waals surface area contributed by atoms with Crippen LogP contribution in [0.15, 0.2) is 59.0 Å². The third-order valence-corrected chi connectivity index (χ3v) is 5.11. The number of rotatable bonds is 12. The van der Waals surface area contributed by atoms with E-state index in [2.05, 4.69) is 46.7 Å². The number of carboxylic acids is 1. The van der Waals surface area contributed by atoms with Crippen molar-refractivity contribution < 1.29 is 14.3 Å². The van der Waals surface area contributed by atoms with E-state index in [4.69, 9.17) is 9.52 Å². The smallest absolute Gasteiger partial charge is 0.304 e. The molecule has 6 nitrogen and oxygen atoms in total. The zero-order valence-corrected chi connectivity index (χ0v) is 17.4. The van der Waals surface area contributed by atoms with Gasteiger partial charge in [0.15, 0.2) is 0 Å². The molecular weight excluding hydrogens is 378 g/mol. The van der Waals surface area contributed by atoms with Gasteiger partial charge in [-0.25, -0.2) is 0 Å². The van der Waals surface area contributed by atoms with Crippen molar-refractivity contribution in [2.45, 2.75) is 51.5 Å². The Morgan fingerprint density at radius 3 is 2.57 bits per heavy atom. The summed E-state index contributed by atoms with van der Waals surface area (Å²) in [6.45, 7) is 3.28. The fraction of sp³-hybridized carbons (Fsp3) is 0.375. The van der Waals surface area contributed by atoms with Crippen molar-refractivity contribution >= 4 is 5.97 Å². The number of hydrogen-bond acceptors (Lipinski definition) is 5. The first-order chi connectivity index (χ1) is 14.7. The number of carboxylic acid groups (broad SMARTS) is 1. The standard InChI is InChI=1S/C24H29N3O3/c1-2-3-7-21(19-8-5-4-6-9-19)16-22-26-27-24(30-22)20-12-10-18(11-13-20)17-25-15-14-23(28)29/h4-6,8-13,21,25H,2-3,7,14-17H2,1H3,(H,28,29). The highest BCUT2D eigenvalue weighted by molar-refractivity contribution is 5.66. The van der Waals surface area contributed by atoms with Crippen molar-refractivity contribution in [2.75, 3.05) is 6.54 Å². The van der Waals surface area contributed by atoms with E-state index in [0.29, 0.717) is 30.8 Å². The molecule has 0 aliphatic rings. The van der Waals surface area contributed by atoms with Crippen molar-refractivity contribution in [1.82, 2.24) is 15.5 Å². The molecule has 0 amide bonds. The number of benzene rings is 2. The Morgan fingerprint density at radius 2 is 1.87 bits per heavy atom. The second-order valence-corrected chi connectivity index (χ2v) is 7.47. The monoisotopic (exact) mass is 407 g/mol. The van der Waals surface area contributed by atoms with Crippen molar-refractivity contribution in [1.29, 1.82) is 0 Å². The molecule has 0 aliphatic carbocycles. The molecule has 0 saturated carbocycles. The topological polar surface area (TPSA) is 88.2 Å². The summed E-state index contributed by atoms with van der Waals surface area (Å²) in [6, 6.07) is 18.4. The van der Waals surface area contributed by atoms with E-state index >= 15 is 0 Å². The Balaban J connectivity index is 1.61. The molecule has 0 fully saturated rings. The van der Waals surface area contributed by atoms with Gasteiger partial charge in [0.1, 0.15) is 0 Å². The number of aliphatic carboxylic acids is 1. The quantitative estimate of drug-likeness (QED) is 0.419. The van der Waals surface area contributed by atoms with Crippen LogP contribution in [0.25, 0.3) is 11.5 Å². The summed E-state index contributed by atoms with van der Waals surface area (Å²) in [7, 11) is 0. The van der Waals surface area contributed by atoms with Crippen molar-refractivity contribution in [3.05, 3.63) is 71.6 Å². The van der Waals surface area contributed by atoms with Gasteiger partial charge in [0.25, 0.3) is 0 Å². The molecule has 3 rings (SSSR count). The first-order valence-corrected chi connectivity index (χ1v) is 10.5. The Morgan fingerprint density at radius 1 is 1.10 bits per heavy atom. The lowest BCUT2D eigenvalue weighted by atomic mass is 9.91. The van der Waals surface area contributed by atoms with E-state index in [1.54, 1.807) is 0 Å². The van der Waals surface area contributed by atoms with Crippen LogP contribution in [-0.2, 0) is 17.8 Å².